The highest BCUT2D eigenvalue weighted by atomic mass is 19.1. The van der Waals surface area contributed by atoms with Crippen LogP contribution in [0, 0.1) is 17.1 Å². The Morgan fingerprint density at radius 3 is 2.90 bits per heavy atom. The van der Waals surface area contributed by atoms with Gasteiger partial charge in [0.2, 0.25) is 0 Å². The van der Waals surface area contributed by atoms with Crippen molar-refractivity contribution in [3.63, 3.8) is 0 Å². The van der Waals surface area contributed by atoms with Gasteiger partial charge in [-0.05, 0) is 12.1 Å². The Bertz CT molecular complexity index is 578. The molecule has 0 fully saturated rings. The molecule has 0 aliphatic heterocycles. The minimum Gasteiger partial charge on any atom is -0.480 e. The van der Waals surface area contributed by atoms with Gasteiger partial charge in [0.15, 0.2) is 18.2 Å². The molecule has 1 amide bonds. The van der Waals surface area contributed by atoms with E-state index in [0.29, 0.717) is 0 Å². The smallest absolute Gasteiger partial charge is 0.328 e. The van der Waals surface area contributed by atoms with Crippen molar-refractivity contribution in [2.45, 2.75) is 0 Å². The van der Waals surface area contributed by atoms with E-state index in [2.05, 4.69) is 5.32 Å². The molecule has 1 aromatic carbocycles. The third kappa shape index (κ3) is 4.78. The number of halogens is 1. The maximum atomic E-state index is 13.6. The number of hydrogen-bond donors (Lipinski definition) is 2. The predicted molar refractivity (Wildman–Crippen MR) is 67.2 cm³/mol. The standard InChI is InChI=1S/C13H11FN2O4/c14-10-3-1-2-9(4-5-12(18)19)13(10)20-8-11(17)16-7-6-15/h1-5H,7-8H2,(H,16,17)(H,18,19)/b5-4+. The molecule has 0 bridgehead atoms. The zero-order valence-corrected chi connectivity index (χ0v) is 10.3. The molecule has 7 heteroatoms. The highest BCUT2D eigenvalue weighted by molar-refractivity contribution is 5.86. The molecule has 1 aromatic rings. The Balaban J connectivity index is 2.80. The zero-order valence-electron chi connectivity index (χ0n) is 10.3. The molecule has 0 atom stereocenters. The number of carboxylic acid groups (broad SMARTS) is 1. The minimum absolute atomic E-state index is 0.175. The summed E-state index contributed by atoms with van der Waals surface area (Å²) in [5.41, 5.74) is 0.195. The van der Waals surface area contributed by atoms with Gasteiger partial charge in [0.25, 0.3) is 5.91 Å². The van der Waals surface area contributed by atoms with E-state index >= 15 is 0 Å². The first kappa shape index (κ1) is 15.2. The molecule has 0 aliphatic rings. The predicted octanol–water partition coefficient (Wildman–Crippen LogP) is 0.942. The van der Waals surface area contributed by atoms with Crippen LogP contribution in [0.5, 0.6) is 5.75 Å². The first-order chi connectivity index (χ1) is 9.54. The van der Waals surface area contributed by atoms with Gasteiger partial charge in [-0.15, -0.1) is 0 Å². The molecule has 0 aromatic heterocycles. The van der Waals surface area contributed by atoms with Gasteiger partial charge in [-0.3, -0.25) is 4.79 Å². The molecular formula is C13H11FN2O4. The molecule has 0 saturated carbocycles. The molecule has 104 valence electrons. The van der Waals surface area contributed by atoms with Gasteiger partial charge in [-0.1, -0.05) is 12.1 Å². The van der Waals surface area contributed by atoms with Gasteiger partial charge in [-0.25, -0.2) is 9.18 Å². The van der Waals surface area contributed by atoms with E-state index in [1.165, 1.54) is 12.1 Å². The van der Waals surface area contributed by atoms with Crippen LogP contribution >= 0.6 is 0 Å². The Kier molecular flexibility index (Phi) is 5.72. The van der Waals surface area contributed by atoms with Gasteiger partial charge < -0.3 is 15.2 Å². The fourth-order valence-corrected chi connectivity index (χ4v) is 1.30. The lowest BCUT2D eigenvalue weighted by atomic mass is 10.2. The number of carbonyl (C=O) groups is 2. The molecule has 0 saturated heterocycles. The SMILES string of the molecule is N#CCNC(=O)COc1c(F)cccc1/C=C/C(=O)O. The highest BCUT2D eigenvalue weighted by Crippen LogP contribution is 2.23. The number of ether oxygens (including phenoxy) is 1. The first-order valence-electron chi connectivity index (χ1n) is 5.50. The lowest BCUT2D eigenvalue weighted by molar-refractivity contribution is -0.131. The van der Waals surface area contributed by atoms with Gasteiger partial charge in [-0.2, -0.15) is 5.26 Å². The van der Waals surface area contributed by atoms with Crippen molar-refractivity contribution in [3.8, 4) is 11.8 Å². The number of amides is 1. The molecule has 1 rings (SSSR count). The van der Waals surface area contributed by atoms with Crippen molar-refractivity contribution in [2.75, 3.05) is 13.2 Å². The minimum atomic E-state index is -1.19. The summed E-state index contributed by atoms with van der Waals surface area (Å²) in [6, 6.07) is 5.68. The van der Waals surface area contributed by atoms with Crippen molar-refractivity contribution in [1.82, 2.24) is 5.32 Å². The number of benzene rings is 1. The topological polar surface area (TPSA) is 99.4 Å². The summed E-state index contributed by atoms with van der Waals surface area (Å²) in [5.74, 6) is -2.71. The first-order valence-corrected chi connectivity index (χ1v) is 5.50. The van der Waals surface area contributed by atoms with Crippen molar-refractivity contribution in [1.29, 1.82) is 5.26 Å². The average Bonchev–Trinajstić information content (AvgIpc) is 2.41. The Labute approximate surface area is 114 Å². The number of rotatable bonds is 6. The van der Waals surface area contributed by atoms with Crippen molar-refractivity contribution >= 4 is 18.0 Å². The molecule has 0 aliphatic carbocycles. The van der Waals surface area contributed by atoms with Gasteiger partial charge in [0.05, 0.1) is 6.07 Å². The summed E-state index contributed by atoms with van der Waals surface area (Å²) in [6.07, 6.45) is 1.99. The fourth-order valence-electron chi connectivity index (χ4n) is 1.30. The highest BCUT2D eigenvalue weighted by Gasteiger charge is 2.10. The number of nitriles is 1. The summed E-state index contributed by atoms with van der Waals surface area (Å²) < 4.78 is 18.6. The van der Waals surface area contributed by atoms with Crippen LogP contribution in [0.2, 0.25) is 0 Å². The Morgan fingerprint density at radius 1 is 1.50 bits per heavy atom. The van der Waals surface area contributed by atoms with Gasteiger partial charge >= 0.3 is 5.97 Å². The number of carboxylic acids is 1. The molecule has 20 heavy (non-hydrogen) atoms. The summed E-state index contributed by atoms with van der Waals surface area (Å²) in [6.45, 7) is -0.651. The molecule has 2 N–H and O–H groups in total. The number of para-hydroxylation sites is 1. The Morgan fingerprint density at radius 2 is 2.25 bits per heavy atom. The quantitative estimate of drug-likeness (QED) is 0.596. The number of nitrogens with zero attached hydrogens (tertiary/aromatic N) is 1. The lowest BCUT2D eigenvalue weighted by Gasteiger charge is -2.09. The summed E-state index contributed by atoms with van der Waals surface area (Å²) in [7, 11) is 0. The molecule has 6 nitrogen and oxygen atoms in total. The van der Waals surface area contributed by atoms with E-state index < -0.39 is 24.3 Å². The normalized spacial score (nSPS) is 10.0. The lowest BCUT2D eigenvalue weighted by Crippen LogP contribution is -2.29. The van der Waals surface area contributed by atoms with Crippen LogP contribution in [0.4, 0.5) is 4.39 Å². The second-order valence-electron chi connectivity index (χ2n) is 3.55. The third-order valence-electron chi connectivity index (χ3n) is 2.12. The number of carbonyl (C=O) groups excluding carboxylic acids is 1. The van der Waals surface area contributed by atoms with Crippen LogP contribution in [0.1, 0.15) is 5.56 Å². The maximum Gasteiger partial charge on any atom is 0.328 e. The van der Waals surface area contributed by atoms with Crippen LogP contribution in [-0.2, 0) is 9.59 Å². The Hall–Kier alpha value is -2.88. The van der Waals surface area contributed by atoms with E-state index in [1.807, 2.05) is 0 Å². The second kappa shape index (κ2) is 7.53. The molecule has 0 spiro atoms. The van der Waals surface area contributed by atoms with Crippen LogP contribution < -0.4 is 10.1 Å². The van der Waals surface area contributed by atoms with Crippen molar-refractivity contribution < 1.29 is 23.8 Å². The zero-order chi connectivity index (χ0) is 15.0. The van der Waals surface area contributed by atoms with Crippen LogP contribution in [-0.4, -0.2) is 30.1 Å². The van der Waals surface area contributed by atoms with E-state index in [1.54, 1.807) is 6.07 Å². The number of aliphatic carboxylic acids is 1. The molecular weight excluding hydrogens is 267 g/mol. The molecule has 0 unspecified atom stereocenters. The average molecular weight is 278 g/mol. The third-order valence-corrected chi connectivity index (χ3v) is 2.12. The summed E-state index contributed by atoms with van der Waals surface area (Å²) in [5, 5.41) is 19.0. The van der Waals surface area contributed by atoms with E-state index in [-0.39, 0.29) is 17.9 Å². The fraction of sp³-hybridized carbons (Fsp3) is 0.154. The van der Waals surface area contributed by atoms with E-state index in [0.717, 1.165) is 18.2 Å². The second-order valence-corrected chi connectivity index (χ2v) is 3.55. The monoisotopic (exact) mass is 278 g/mol. The van der Waals surface area contributed by atoms with Crippen molar-refractivity contribution in [3.05, 3.63) is 35.7 Å². The largest absolute Gasteiger partial charge is 0.480 e. The van der Waals surface area contributed by atoms with E-state index in [9.17, 15) is 14.0 Å². The maximum absolute atomic E-state index is 13.6. The van der Waals surface area contributed by atoms with Crippen LogP contribution in [0.25, 0.3) is 6.08 Å². The van der Waals surface area contributed by atoms with Crippen LogP contribution in [0.15, 0.2) is 24.3 Å². The molecule has 0 radical (unpaired) electrons. The number of hydrogen-bond acceptors (Lipinski definition) is 4. The van der Waals surface area contributed by atoms with Crippen molar-refractivity contribution in [2.24, 2.45) is 0 Å². The van der Waals surface area contributed by atoms with Gasteiger partial charge in [0, 0.05) is 11.6 Å². The van der Waals surface area contributed by atoms with Gasteiger partial charge in [0.1, 0.15) is 6.54 Å². The van der Waals surface area contributed by atoms with E-state index in [4.69, 9.17) is 15.1 Å². The summed E-state index contributed by atoms with van der Waals surface area (Å²) in [4.78, 5) is 21.7. The molecule has 0 heterocycles. The summed E-state index contributed by atoms with van der Waals surface area (Å²) >= 11 is 0. The van der Waals surface area contributed by atoms with Crippen LogP contribution in [0.3, 0.4) is 0 Å². The number of nitrogens with one attached hydrogen (secondary N) is 1.